The van der Waals surface area contributed by atoms with Gasteiger partial charge >= 0.3 is 6.61 Å². The van der Waals surface area contributed by atoms with Gasteiger partial charge in [0.05, 0.1) is 19.8 Å². The molecule has 0 N–H and O–H groups in total. The zero-order valence-corrected chi connectivity index (χ0v) is 14.7. The fourth-order valence-electron chi connectivity index (χ4n) is 2.93. The third-order valence-electron chi connectivity index (χ3n) is 4.33. The second-order valence-corrected chi connectivity index (χ2v) is 5.97. The van der Waals surface area contributed by atoms with Crippen LogP contribution in [0, 0.1) is 0 Å². The summed E-state index contributed by atoms with van der Waals surface area (Å²) in [6.07, 6.45) is 2.26. The Labute approximate surface area is 149 Å². The molecule has 2 heterocycles. The Kier molecular flexibility index (Phi) is 6.00. The van der Waals surface area contributed by atoms with Crippen LogP contribution in [0.25, 0.3) is 11.4 Å². The standard InChI is InChI=1S/C17H21F2N3O4/c1-23-12-5-7-22(8-6-12)10-15-20-16(21-26-15)11-3-4-13(25-17(18)19)14(9-11)24-2/h3-4,9,12,17H,5-8,10H2,1-2H3. The first-order chi connectivity index (χ1) is 12.6. The second-order valence-electron chi connectivity index (χ2n) is 5.97. The van der Waals surface area contributed by atoms with Crippen LogP contribution in [0.3, 0.4) is 0 Å². The molecule has 1 aliphatic rings. The monoisotopic (exact) mass is 369 g/mol. The van der Waals surface area contributed by atoms with Crippen LogP contribution in [-0.2, 0) is 11.3 Å². The van der Waals surface area contributed by atoms with Crippen LogP contribution in [0.5, 0.6) is 11.5 Å². The summed E-state index contributed by atoms with van der Waals surface area (Å²) in [6, 6.07) is 4.52. The first-order valence-electron chi connectivity index (χ1n) is 8.30. The first-order valence-corrected chi connectivity index (χ1v) is 8.30. The maximum absolute atomic E-state index is 12.4. The summed E-state index contributed by atoms with van der Waals surface area (Å²) in [5.74, 6) is 1.00. The molecule has 0 spiro atoms. The van der Waals surface area contributed by atoms with Gasteiger partial charge in [0, 0.05) is 25.8 Å². The van der Waals surface area contributed by atoms with Crippen LogP contribution >= 0.6 is 0 Å². The lowest BCUT2D eigenvalue weighted by Crippen LogP contribution is -2.36. The molecule has 2 aromatic rings. The van der Waals surface area contributed by atoms with Gasteiger partial charge in [-0.1, -0.05) is 5.16 Å². The number of benzene rings is 1. The lowest BCUT2D eigenvalue weighted by Gasteiger charge is -2.29. The molecule has 0 saturated carbocycles. The van der Waals surface area contributed by atoms with Crippen molar-refractivity contribution < 1.29 is 27.5 Å². The molecule has 1 aliphatic heterocycles. The van der Waals surface area contributed by atoms with Crippen molar-refractivity contribution >= 4 is 0 Å². The summed E-state index contributed by atoms with van der Waals surface area (Å²) in [7, 11) is 3.11. The van der Waals surface area contributed by atoms with Gasteiger partial charge in [0.2, 0.25) is 11.7 Å². The van der Waals surface area contributed by atoms with Gasteiger partial charge in [0.25, 0.3) is 0 Å². The highest BCUT2D eigenvalue weighted by Crippen LogP contribution is 2.32. The summed E-state index contributed by atoms with van der Waals surface area (Å²) in [5.41, 5.74) is 0.594. The van der Waals surface area contributed by atoms with Crippen LogP contribution in [0.1, 0.15) is 18.7 Å². The maximum atomic E-state index is 12.4. The molecule has 1 aromatic carbocycles. The molecular weight excluding hydrogens is 348 g/mol. The van der Waals surface area contributed by atoms with Crippen LogP contribution < -0.4 is 9.47 Å². The van der Waals surface area contributed by atoms with E-state index in [1.165, 1.54) is 19.2 Å². The van der Waals surface area contributed by atoms with E-state index >= 15 is 0 Å². The van der Waals surface area contributed by atoms with E-state index in [0.29, 0.717) is 29.9 Å². The van der Waals surface area contributed by atoms with Crippen LogP contribution in [0.15, 0.2) is 22.7 Å². The molecule has 0 amide bonds. The van der Waals surface area contributed by atoms with Crippen LogP contribution in [0.2, 0.25) is 0 Å². The highest BCUT2D eigenvalue weighted by atomic mass is 19.3. The van der Waals surface area contributed by atoms with E-state index in [2.05, 4.69) is 19.8 Å². The van der Waals surface area contributed by atoms with Gasteiger partial charge in [-0.2, -0.15) is 13.8 Å². The summed E-state index contributed by atoms with van der Waals surface area (Å²) >= 11 is 0. The molecule has 1 aromatic heterocycles. The number of likely N-dealkylation sites (tertiary alicyclic amines) is 1. The van der Waals surface area contributed by atoms with E-state index in [-0.39, 0.29) is 11.5 Å². The Hall–Kier alpha value is -2.26. The van der Waals surface area contributed by atoms with Crippen molar-refractivity contribution in [1.82, 2.24) is 15.0 Å². The number of hydrogen-bond donors (Lipinski definition) is 0. The number of methoxy groups -OCH3 is 2. The number of nitrogens with zero attached hydrogens (tertiary/aromatic N) is 3. The molecule has 142 valence electrons. The summed E-state index contributed by atoms with van der Waals surface area (Å²) in [4.78, 5) is 6.61. The number of aromatic nitrogens is 2. The Morgan fingerprint density at radius 1 is 1.23 bits per heavy atom. The van der Waals surface area contributed by atoms with E-state index in [1.807, 2.05) is 0 Å². The second kappa shape index (κ2) is 8.41. The normalized spacial score (nSPS) is 16.2. The Morgan fingerprint density at radius 2 is 2.00 bits per heavy atom. The third-order valence-corrected chi connectivity index (χ3v) is 4.33. The lowest BCUT2D eigenvalue weighted by atomic mass is 10.1. The van der Waals surface area contributed by atoms with Gasteiger partial charge in [-0.05, 0) is 31.0 Å². The number of rotatable bonds is 7. The molecule has 1 fully saturated rings. The molecule has 9 heteroatoms. The molecule has 1 saturated heterocycles. The molecule has 0 radical (unpaired) electrons. The fraction of sp³-hybridized carbons (Fsp3) is 0.529. The van der Waals surface area contributed by atoms with E-state index in [0.717, 1.165) is 25.9 Å². The zero-order valence-electron chi connectivity index (χ0n) is 14.7. The summed E-state index contributed by atoms with van der Waals surface area (Å²) in [5, 5.41) is 3.97. The van der Waals surface area contributed by atoms with E-state index in [1.54, 1.807) is 13.2 Å². The summed E-state index contributed by atoms with van der Waals surface area (Å²) in [6.45, 7) is -0.547. The average molecular weight is 369 g/mol. The number of piperidine rings is 1. The SMILES string of the molecule is COc1cc(-c2noc(CN3CCC(OC)CC3)n2)ccc1OC(F)F. The maximum Gasteiger partial charge on any atom is 0.387 e. The van der Waals surface area contributed by atoms with Crippen molar-refractivity contribution in [2.45, 2.75) is 32.1 Å². The van der Waals surface area contributed by atoms with Gasteiger partial charge in [-0.25, -0.2) is 0 Å². The van der Waals surface area contributed by atoms with Crippen molar-refractivity contribution in [2.24, 2.45) is 0 Å². The highest BCUT2D eigenvalue weighted by molar-refractivity contribution is 5.60. The minimum absolute atomic E-state index is 0.0454. The lowest BCUT2D eigenvalue weighted by molar-refractivity contribution is -0.0512. The zero-order chi connectivity index (χ0) is 18.5. The van der Waals surface area contributed by atoms with Crippen molar-refractivity contribution in [1.29, 1.82) is 0 Å². The predicted molar refractivity (Wildman–Crippen MR) is 88.2 cm³/mol. The molecule has 0 aliphatic carbocycles. The minimum Gasteiger partial charge on any atom is -0.493 e. The first kappa shape index (κ1) is 18.5. The van der Waals surface area contributed by atoms with E-state index in [9.17, 15) is 8.78 Å². The Morgan fingerprint density at radius 3 is 2.65 bits per heavy atom. The highest BCUT2D eigenvalue weighted by Gasteiger charge is 2.21. The van der Waals surface area contributed by atoms with Gasteiger partial charge in [-0.15, -0.1) is 0 Å². The molecule has 0 bridgehead atoms. The van der Waals surface area contributed by atoms with Gasteiger partial charge in [0.1, 0.15) is 0 Å². The summed E-state index contributed by atoms with van der Waals surface area (Å²) < 4.78 is 45.0. The number of hydrogen-bond acceptors (Lipinski definition) is 7. The predicted octanol–water partition coefficient (Wildman–Crippen LogP) is 2.96. The van der Waals surface area contributed by atoms with E-state index in [4.69, 9.17) is 14.0 Å². The third kappa shape index (κ3) is 4.47. The largest absolute Gasteiger partial charge is 0.493 e. The molecule has 3 rings (SSSR count). The van der Waals surface area contributed by atoms with Crippen molar-refractivity contribution in [3.8, 4) is 22.9 Å². The van der Waals surface area contributed by atoms with Gasteiger partial charge in [-0.3, -0.25) is 4.90 Å². The van der Waals surface area contributed by atoms with Crippen molar-refractivity contribution in [3.05, 3.63) is 24.1 Å². The Bertz CT molecular complexity index is 718. The number of halogens is 2. The smallest absolute Gasteiger partial charge is 0.387 e. The fourth-order valence-corrected chi connectivity index (χ4v) is 2.93. The van der Waals surface area contributed by atoms with Gasteiger partial charge in [0.15, 0.2) is 11.5 Å². The molecular formula is C17H21F2N3O4. The van der Waals surface area contributed by atoms with Crippen LogP contribution in [0.4, 0.5) is 8.78 Å². The van der Waals surface area contributed by atoms with E-state index < -0.39 is 6.61 Å². The van der Waals surface area contributed by atoms with Gasteiger partial charge < -0.3 is 18.7 Å². The number of ether oxygens (including phenoxy) is 3. The molecule has 0 atom stereocenters. The molecule has 0 unspecified atom stereocenters. The van der Waals surface area contributed by atoms with Crippen molar-refractivity contribution in [2.75, 3.05) is 27.3 Å². The molecule has 7 nitrogen and oxygen atoms in total. The topological polar surface area (TPSA) is 69.9 Å². The van der Waals surface area contributed by atoms with Crippen molar-refractivity contribution in [3.63, 3.8) is 0 Å². The minimum atomic E-state index is -2.92. The molecule has 26 heavy (non-hydrogen) atoms. The quantitative estimate of drug-likeness (QED) is 0.743. The number of alkyl halides is 2. The van der Waals surface area contributed by atoms with Crippen LogP contribution in [-0.4, -0.2) is 55.1 Å². The Balaban J connectivity index is 1.67. The average Bonchev–Trinajstić information content (AvgIpc) is 3.10.